The summed E-state index contributed by atoms with van der Waals surface area (Å²) < 4.78 is 9.95. The van der Waals surface area contributed by atoms with E-state index in [1.165, 1.54) is 26.4 Å². The quantitative estimate of drug-likeness (QED) is 0.678. The van der Waals surface area contributed by atoms with Gasteiger partial charge in [-0.25, -0.2) is 4.79 Å². The third-order valence-corrected chi connectivity index (χ3v) is 4.23. The van der Waals surface area contributed by atoms with Crippen LogP contribution in [0.4, 0.5) is 4.79 Å². The molecule has 2 saturated heterocycles. The van der Waals surface area contributed by atoms with Crippen LogP contribution >= 0.6 is 0 Å². The maximum Gasteiger partial charge on any atom is 0.407 e. The average molecular weight is 425 g/mol. The van der Waals surface area contributed by atoms with E-state index in [9.17, 15) is 9.59 Å². The number of terminal acetylenes is 2. The summed E-state index contributed by atoms with van der Waals surface area (Å²) in [6.45, 7) is 10.9. The molecule has 3 aliphatic rings. The van der Waals surface area contributed by atoms with Gasteiger partial charge in [-0.05, 0) is 31.6 Å². The van der Waals surface area contributed by atoms with Crippen LogP contribution in [0.25, 0.3) is 0 Å². The first-order chi connectivity index (χ1) is 14.7. The Morgan fingerprint density at radius 2 is 1.33 bits per heavy atom. The molecule has 0 spiro atoms. The predicted octanol–water partition coefficient (Wildman–Crippen LogP) is 4.48. The van der Waals surface area contributed by atoms with Crippen molar-refractivity contribution in [3.05, 3.63) is 0 Å². The van der Waals surface area contributed by atoms with Crippen molar-refractivity contribution in [2.24, 2.45) is 5.92 Å². The molecule has 2 heterocycles. The predicted molar refractivity (Wildman–Crippen MR) is 125 cm³/mol. The number of hydrogen-bond donors (Lipinski definition) is 1. The van der Waals surface area contributed by atoms with E-state index < -0.39 is 12.1 Å². The first kappa shape index (κ1) is 32.5. The van der Waals surface area contributed by atoms with Crippen LogP contribution in [0, 0.1) is 31.6 Å². The van der Waals surface area contributed by atoms with Crippen LogP contribution in [0.2, 0.25) is 0 Å². The topological polar surface area (TPSA) is 67.9 Å². The van der Waals surface area contributed by atoms with Crippen molar-refractivity contribution in [1.29, 1.82) is 0 Å². The number of hydrogen-bond acceptors (Lipinski definition) is 4. The van der Waals surface area contributed by atoms with Crippen molar-refractivity contribution in [3.63, 3.8) is 0 Å². The zero-order chi connectivity index (χ0) is 23.8. The Labute approximate surface area is 185 Å². The largest absolute Gasteiger partial charge is 0.453 e. The minimum Gasteiger partial charge on any atom is -0.453 e. The number of nitrogens with one attached hydrogen (secondary N) is 1. The summed E-state index contributed by atoms with van der Waals surface area (Å²) >= 11 is 0. The molecule has 6 nitrogen and oxygen atoms in total. The number of amides is 2. The third-order valence-electron chi connectivity index (χ3n) is 4.23. The molecule has 174 valence electrons. The fourth-order valence-electron chi connectivity index (χ4n) is 2.75. The van der Waals surface area contributed by atoms with Gasteiger partial charge in [0.25, 0.3) is 0 Å². The molecule has 0 aromatic rings. The van der Waals surface area contributed by atoms with Gasteiger partial charge in [0.15, 0.2) is 0 Å². The average Bonchev–Trinajstić information content (AvgIpc) is 3.64. The van der Waals surface area contributed by atoms with E-state index >= 15 is 0 Å². The van der Waals surface area contributed by atoms with Gasteiger partial charge < -0.3 is 19.7 Å². The lowest BCUT2D eigenvalue weighted by Gasteiger charge is -2.32. The Bertz CT molecular complexity index is 426. The number of carbonyl (C=O) groups excluding carboxylic acids is 2. The number of rotatable bonds is 3. The van der Waals surface area contributed by atoms with Crippen molar-refractivity contribution in [2.45, 2.75) is 78.7 Å². The zero-order valence-corrected chi connectivity index (χ0v) is 19.8. The van der Waals surface area contributed by atoms with Crippen LogP contribution in [0.3, 0.4) is 0 Å². The van der Waals surface area contributed by atoms with Gasteiger partial charge in [-0.1, -0.05) is 47.0 Å². The first-order valence-corrected chi connectivity index (χ1v) is 11.1. The van der Waals surface area contributed by atoms with Crippen LogP contribution in [0.5, 0.6) is 0 Å². The second kappa shape index (κ2) is 24.9. The molecule has 30 heavy (non-hydrogen) atoms. The second-order valence-electron chi connectivity index (χ2n) is 6.16. The molecule has 0 unspecified atom stereocenters. The number of alkyl carbamates (subject to hydrolysis) is 1. The molecule has 0 radical (unpaired) electrons. The molecule has 1 saturated carbocycles. The lowest BCUT2D eigenvalue weighted by molar-refractivity contribution is -0.134. The fourth-order valence-corrected chi connectivity index (χ4v) is 2.75. The van der Waals surface area contributed by atoms with Gasteiger partial charge in [0, 0.05) is 26.3 Å². The SMILES string of the molecule is C#C.C#C.C1CC1.CC.CC.COC(=O)N[C@H](C(=O)N1CCCC1)C1CCOCC1. The summed E-state index contributed by atoms with van der Waals surface area (Å²) in [6.07, 6.45) is 23.7. The van der Waals surface area contributed by atoms with E-state index in [0.29, 0.717) is 13.2 Å². The molecule has 1 N–H and O–H groups in total. The monoisotopic (exact) mass is 424 g/mol. The number of nitrogens with zero attached hydrogens (tertiary/aromatic N) is 1. The molecule has 0 bridgehead atoms. The molecule has 6 heteroatoms. The highest BCUT2D eigenvalue weighted by Gasteiger charge is 2.35. The van der Waals surface area contributed by atoms with Crippen LogP contribution < -0.4 is 5.32 Å². The minimum absolute atomic E-state index is 0.0230. The Morgan fingerprint density at radius 1 is 0.900 bits per heavy atom. The zero-order valence-electron chi connectivity index (χ0n) is 19.8. The molecule has 1 aliphatic carbocycles. The van der Waals surface area contributed by atoms with Crippen LogP contribution in [0.15, 0.2) is 0 Å². The van der Waals surface area contributed by atoms with Crippen molar-refractivity contribution in [3.8, 4) is 25.7 Å². The van der Waals surface area contributed by atoms with Crippen molar-refractivity contribution in [2.75, 3.05) is 33.4 Å². The maximum absolute atomic E-state index is 12.5. The molecular weight excluding hydrogens is 380 g/mol. The molecule has 2 amide bonds. The Balaban J connectivity index is -0.000000559. The van der Waals surface area contributed by atoms with Gasteiger partial charge in [0.2, 0.25) is 5.91 Å². The van der Waals surface area contributed by atoms with Gasteiger partial charge in [-0.3, -0.25) is 4.79 Å². The number of ether oxygens (including phenoxy) is 2. The van der Waals surface area contributed by atoms with Gasteiger partial charge >= 0.3 is 6.09 Å². The number of methoxy groups -OCH3 is 1. The summed E-state index contributed by atoms with van der Waals surface area (Å²) in [7, 11) is 1.32. The molecule has 0 aromatic heterocycles. The van der Waals surface area contributed by atoms with E-state index in [1.54, 1.807) is 0 Å². The standard InChI is InChI=1S/C13H22N2O4.C3H6.2C2H6.2C2H2/c1-18-13(17)14-11(10-4-8-19-9-5-10)12(16)15-6-2-3-7-15;1-2-3-1;4*1-2/h10-11H,2-9H2,1H3,(H,14,17);1-3H2;2*1-2H3;2*1-2H/t11-;;;;;/m0...../s1. The van der Waals surface area contributed by atoms with Gasteiger partial charge in [-0.2, -0.15) is 0 Å². The summed E-state index contributed by atoms with van der Waals surface area (Å²) in [5.74, 6) is 0.163. The molecule has 0 aromatic carbocycles. The van der Waals surface area contributed by atoms with Crippen molar-refractivity contribution >= 4 is 12.0 Å². The van der Waals surface area contributed by atoms with Crippen LogP contribution in [-0.4, -0.2) is 56.4 Å². The molecule has 2 aliphatic heterocycles. The Kier molecular flexibility index (Phi) is 26.9. The highest BCUT2D eigenvalue weighted by molar-refractivity contribution is 5.86. The number of likely N-dealkylation sites (tertiary alicyclic amines) is 1. The Hall–Kier alpha value is -2.18. The lowest BCUT2D eigenvalue weighted by atomic mass is 9.91. The first-order valence-electron chi connectivity index (χ1n) is 11.1. The molecule has 3 fully saturated rings. The lowest BCUT2D eigenvalue weighted by Crippen LogP contribution is -2.52. The normalized spacial score (nSPS) is 16.9. The van der Waals surface area contributed by atoms with Crippen molar-refractivity contribution < 1.29 is 19.1 Å². The van der Waals surface area contributed by atoms with Crippen molar-refractivity contribution in [1.82, 2.24) is 10.2 Å². The van der Waals surface area contributed by atoms with Crippen LogP contribution in [-0.2, 0) is 14.3 Å². The highest BCUT2D eigenvalue weighted by Crippen LogP contribution is 2.22. The van der Waals surface area contributed by atoms with E-state index in [4.69, 9.17) is 4.74 Å². The maximum atomic E-state index is 12.5. The third kappa shape index (κ3) is 15.7. The number of carbonyl (C=O) groups is 2. The highest BCUT2D eigenvalue weighted by atomic mass is 16.5. The molecule has 1 atom stereocenters. The molecular formula is C24H44N2O4. The minimum atomic E-state index is -0.538. The van der Waals surface area contributed by atoms with Gasteiger partial charge in [0.1, 0.15) is 6.04 Å². The van der Waals surface area contributed by atoms with E-state index in [-0.39, 0.29) is 11.8 Å². The second-order valence-corrected chi connectivity index (χ2v) is 6.16. The van der Waals surface area contributed by atoms with E-state index in [2.05, 4.69) is 35.7 Å². The Morgan fingerprint density at radius 3 is 1.70 bits per heavy atom. The molecule has 3 rings (SSSR count). The van der Waals surface area contributed by atoms with Gasteiger partial charge in [-0.15, -0.1) is 25.7 Å². The summed E-state index contributed by atoms with van der Waals surface area (Å²) in [5.41, 5.74) is 0. The van der Waals surface area contributed by atoms with Gasteiger partial charge in [0.05, 0.1) is 7.11 Å². The fraction of sp³-hybridized carbons (Fsp3) is 0.750. The van der Waals surface area contributed by atoms with E-state index in [1.807, 2.05) is 32.6 Å². The summed E-state index contributed by atoms with van der Waals surface area (Å²) in [5, 5.41) is 2.71. The summed E-state index contributed by atoms with van der Waals surface area (Å²) in [6, 6.07) is -0.477. The van der Waals surface area contributed by atoms with E-state index in [0.717, 1.165) is 38.8 Å². The summed E-state index contributed by atoms with van der Waals surface area (Å²) in [4.78, 5) is 25.8. The smallest absolute Gasteiger partial charge is 0.407 e. The van der Waals surface area contributed by atoms with Crippen LogP contribution in [0.1, 0.15) is 72.6 Å².